The summed E-state index contributed by atoms with van der Waals surface area (Å²) in [7, 11) is 0. The molecule has 5 nitrogen and oxygen atoms in total. The Labute approximate surface area is 165 Å². The molecule has 5 heteroatoms. The number of unbranched alkanes of at least 4 members (excludes halogenated alkanes) is 1. The normalized spacial score (nSPS) is 17.5. The van der Waals surface area contributed by atoms with Crippen LogP contribution >= 0.6 is 0 Å². The van der Waals surface area contributed by atoms with E-state index in [9.17, 15) is 4.79 Å². The summed E-state index contributed by atoms with van der Waals surface area (Å²) < 4.78 is 17.0. The number of carbonyl (C=O) groups excluding carboxylic acids is 1. The molecule has 2 heterocycles. The highest BCUT2D eigenvalue weighted by Crippen LogP contribution is 2.46. The maximum Gasteiger partial charge on any atom is 0.231 e. The fraction of sp³-hybridized carbons (Fsp3) is 0.348. The number of ether oxygens (including phenoxy) is 3. The zero-order chi connectivity index (χ0) is 19.5. The van der Waals surface area contributed by atoms with Crippen LogP contribution in [0.2, 0.25) is 0 Å². The summed E-state index contributed by atoms with van der Waals surface area (Å²) in [5.41, 5.74) is 3.93. The molecule has 0 saturated carbocycles. The van der Waals surface area contributed by atoms with Gasteiger partial charge in [0.15, 0.2) is 11.5 Å². The molecule has 0 aliphatic carbocycles. The highest BCUT2D eigenvalue weighted by Gasteiger charge is 2.31. The average molecular weight is 379 g/mol. The number of hydrogen-bond donors (Lipinski definition) is 1. The Balaban J connectivity index is 1.75. The molecule has 1 N–H and O–H groups in total. The molecule has 0 fully saturated rings. The summed E-state index contributed by atoms with van der Waals surface area (Å²) in [5, 5.41) is 2.96. The Bertz CT molecular complexity index is 919. The molecule has 2 aromatic carbocycles. The van der Waals surface area contributed by atoms with Gasteiger partial charge in [0.25, 0.3) is 0 Å². The van der Waals surface area contributed by atoms with Crippen LogP contribution in [0.5, 0.6) is 17.2 Å². The third-order valence-corrected chi connectivity index (χ3v) is 5.06. The fourth-order valence-corrected chi connectivity index (χ4v) is 3.74. The molecule has 1 amide bonds. The number of fused-ring (bicyclic) bond motifs is 2. The van der Waals surface area contributed by atoms with Crippen molar-refractivity contribution < 1.29 is 19.0 Å². The number of anilines is 1. The number of nitrogens with one attached hydrogen (secondary N) is 1. The van der Waals surface area contributed by atoms with Crippen LogP contribution in [0.15, 0.2) is 36.4 Å². The second-order valence-electron chi connectivity index (χ2n) is 7.02. The number of amides is 1. The van der Waals surface area contributed by atoms with Crippen LogP contribution in [0.4, 0.5) is 5.69 Å². The van der Waals surface area contributed by atoms with E-state index in [0.717, 1.165) is 46.7 Å². The lowest BCUT2D eigenvalue weighted by molar-refractivity contribution is -0.116. The topological polar surface area (TPSA) is 56.8 Å². The van der Waals surface area contributed by atoms with Crippen LogP contribution in [0.1, 0.15) is 55.7 Å². The van der Waals surface area contributed by atoms with Crippen molar-refractivity contribution in [3.05, 3.63) is 53.1 Å². The molecule has 4 rings (SSSR count). The summed E-state index contributed by atoms with van der Waals surface area (Å²) >= 11 is 0. The van der Waals surface area contributed by atoms with Gasteiger partial charge in [-0.25, -0.2) is 0 Å². The molecule has 1 atom stereocenters. The van der Waals surface area contributed by atoms with Crippen molar-refractivity contribution >= 4 is 17.7 Å². The van der Waals surface area contributed by atoms with Crippen molar-refractivity contribution in [1.82, 2.24) is 0 Å². The summed E-state index contributed by atoms with van der Waals surface area (Å²) in [5.74, 6) is 2.11. The van der Waals surface area contributed by atoms with Crippen molar-refractivity contribution in [1.29, 1.82) is 0 Å². The van der Waals surface area contributed by atoms with Gasteiger partial charge in [-0.3, -0.25) is 4.79 Å². The first kappa shape index (κ1) is 18.4. The molecular formula is C23H25NO4. The van der Waals surface area contributed by atoms with Crippen molar-refractivity contribution in [2.75, 3.05) is 18.7 Å². The molecule has 28 heavy (non-hydrogen) atoms. The number of allylic oxidation sites excluding steroid dienone is 1. The minimum atomic E-state index is -0.0894. The predicted molar refractivity (Wildman–Crippen MR) is 109 cm³/mol. The van der Waals surface area contributed by atoms with Crippen LogP contribution in [0.3, 0.4) is 0 Å². The van der Waals surface area contributed by atoms with E-state index in [1.807, 2.05) is 19.1 Å². The van der Waals surface area contributed by atoms with E-state index in [0.29, 0.717) is 18.8 Å². The van der Waals surface area contributed by atoms with E-state index in [-0.39, 0.29) is 18.6 Å². The largest absolute Gasteiger partial charge is 0.494 e. The van der Waals surface area contributed by atoms with Gasteiger partial charge < -0.3 is 19.5 Å². The lowest BCUT2D eigenvalue weighted by Crippen LogP contribution is -2.23. The van der Waals surface area contributed by atoms with Gasteiger partial charge >= 0.3 is 0 Å². The van der Waals surface area contributed by atoms with Gasteiger partial charge in [-0.1, -0.05) is 37.6 Å². The van der Waals surface area contributed by atoms with E-state index in [4.69, 9.17) is 14.2 Å². The molecule has 0 saturated heterocycles. The molecule has 0 bridgehead atoms. The van der Waals surface area contributed by atoms with Crippen molar-refractivity contribution in [2.24, 2.45) is 0 Å². The molecule has 1 unspecified atom stereocenters. The van der Waals surface area contributed by atoms with E-state index in [1.165, 1.54) is 0 Å². The molecule has 146 valence electrons. The Morgan fingerprint density at radius 1 is 1.14 bits per heavy atom. The second kappa shape index (κ2) is 7.97. The number of hydrogen-bond acceptors (Lipinski definition) is 4. The second-order valence-corrected chi connectivity index (χ2v) is 7.02. The zero-order valence-electron chi connectivity index (χ0n) is 16.3. The number of rotatable bonds is 6. The Kier molecular flexibility index (Phi) is 5.24. The molecule has 0 radical (unpaired) electrons. The molecule has 2 aliphatic heterocycles. The highest BCUT2D eigenvalue weighted by molar-refractivity contribution is 5.96. The molecular weight excluding hydrogens is 354 g/mol. The summed E-state index contributed by atoms with van der Waals surface area (Å²) in [4.78, 5) is 12.4. The lowest BCUT2D eigenvalue weighted by atomic mass is 9.83. The monoisotopic (exact) mass is 379 g/mol. The quantitative estimate of drug-likeness (QED) is 0.758. The van der Waals surface area contributed by atoms with Gasteiger partial charge in [-0.15, -0.1) is 0 Å². The molecule has 0 spiro atoms. The maximum atomic E-state index is 12.4. The summed E-state index contributed by atoms with van der Waals surface area (Å²) in [6.45, 7) is 4.92. The van der Waals surface area contributed by atoms with Crippen molar-refractivity contribution in [3.63, 3.8) is 0 Å². The Hall–Kier alpha value is -2.95. The summed E-state index contributed by atoms with van der Waals surface area (Å²) in [6.07, 6.45) is 6.84. The van der Waals surface area contributed by atoms with Gasteiger partial charge in [0, 0.05) is 29.7 Å². The first-order valence-corrected chi connectivity index (χ1v) is 9.86. The number of benzene rings is 2. The third-order valence-electron chi connectivity index (χ3n) is 5.06. The predicted octanol–water partition coefficient (Wildman–Crippen LogP) is 5.10. The van der Waals surface area contributed by atoms with Crippen molar-refractivity contribution in [3.8, 4) is 17.2 Å². The maximum absolute atomic E-state index is 12.4. The van der Waals surface area contributed by atoms with Gasteiger partial charge in [-0.05, 0) is 36.6 Å². The fourth-order valence-electron chi connectivity index (χ4n) is 3.74. The number of carbonyl (C=O) groups is 1. The van der Waals surface area contributed by atoms with Crippen LogP contribution in [0, 0.1) is 0 Å². The van der Waals surface area contributed by atoms with E-state index < -0.39 is 0 Å². The lowest BCUT2D eigenvalue weighted by Gasteiger charge is -2.27. The standard InChI is InChI=1S/C23H25NO4/c1-3-5-6-7-15-8-9-16(20(10-15)26-4-2)17-12-23(25)24-19-13-22-21(11-18(17)19)27-14-28-22/h6-11,13,17H,3-5,12,14H2,1-2H3,(H,24,25)/b7-6+. The van der Waals surface area contributed by atoms with Crippen LogP contribution in [0.25, 0.3) is 6.08 Å². The van der Waals surface area contributed by atoms with Crippen molar-refractivity contribution in [2.45, 2.75) is 39.0 Å². The molecule has 0 aromatic heterocycles. The smallest absolute Gasteiger partial charge is 0.231 e. The Morgan fingerprint density at radius 3 is 2.75 bits per heavy atom. The van der Waals surface area contributed by atoms with Crippen LogP contribution < -0.4 is 19.5 Å². The van der Waals surface area contributed by atoms with Crippen LogP contribution in [-0.4, -0.2) is 19.3 Å². The van der Waals surface area contributed by atoms with Crippen LogP contribution in [-0.2, 0) is 4.79 Å². The summed E-state index contributed by atoms with van der Waals surface area (Å²) in [6, 6.07) is 10.1. The van der Waals surface area contributed by atoms with Gasteiger partial charge in [0.05, 0.1) is 6.61 Å². The third kappa shape index (κ3) is 3.57. The van der Waals surface area contributed by atoms with Gasteiger partial charge in [0.1, 0.15) is 5.75 Å². The molecule has 2 aromatic rings. The average Bonchev–Trinajstić information content (AvgIpc) is 3.14. The minimum Gasteiger partial charge on any atom is -0.494 e. The first-order chi connectivity index (χ1) is 13.7. The van der Waals surface area contributed by atoms with E-state index in [2.05, 4.69) is 42.6 Å². The first-order valence-electron chi connectivity index (χ1n) is 9.86. The zero-order valence-corrected chi connectivity index (χ0v) is 16.3. The highest BCUT2D eigenvalue weighted by atomic mass is 16.7. The Morgan fingerprint density at radius 2 is 1.96 bits per heavy atom. The molecule has 2 aliphatic rings. The van der Waals surface area contributed by atoms with Gasteiger partial charge in [-0.2, -0.15) is 0 Å². The van der Waals surface area contributed by atoms with E-state index in [1.54, 1.807) is 0 Å². The van der Waals surface area contributed by atoms with E-state index >= 15 is 0 Å². The van der Waals surface area contributed by atoms with Gasteiger partial charge in [0.2, 0.25) is 12.7 Å². The SMILES string of the molecule is CCC/C=C/c1ccc(C2CC(=O)Nc3cc4c(cc32)OCO4)c(OCC)c1. The minimum absolute atomic E-state index is 0.00858.